The van der Waals surface area contributed by atoms with Crippen molar-refractivity contribution in [2.24, 2.45) is 5.73 Å². The molecule has 1 heterocycles. The van der Waals surface area contributed by atoms with E-state index >= 15 is 0 Å². The molecule has 0 amide bonds. The zero-order chi connectivity index (χ0) is 12.4. The highest BCUT2D eigenvalue weighted by atomic mass is 19.1. The average Bonchev–Trinajstić information content (AvgIpc) is 2.70. The molecular formula is C11H10FN5. The van der Waals surface area contributed by atoms with E-state index in [0.717, 1.165) is 0 Å². The Morgan fingerprint density at radius 1 is 1.47 bits per heavy atom. The first-order valence-electron chi connectivity index (χ1n) is 4.90. The van der Waals surface area contributed by atoms with Crippen molar-refractivity contribution in [3.05, 3.63) is 41.3 Å². The van der Waals surface area contributed by atoms with Crippen LogP contribution in [0.15, 0.2) is 24.4 Å². The van der Waals surface area contributed by atoms with Crippen molar-refractivity contribution in [2.75, 3.05) is 5.73 Å². The molecule has 0 fully saturated rings. The number of nitrogens with zero attached hydrogens (tertiary/aromatic N) is 3. The normalized spacial score (nSPS) is 10.2. The molecular weight excluding hydrogens is 221 g/mol. The molecule has 1 aromatic heterocycles. The van der Waals surface area contributed by atoms with Crippen LogP contribution in [0.2, 0.25) is 0 Å². The number of rotatable bonds is 2. The molecule has 0 unspecified atom stereocenters. The molecule has 2 aromatic rings. The SMILES string of the molecule is N#Cc1cnn(-c2cccc(F)c2CN)c1N. The van der Waals surface area contributed by atoms with Crippen LogP contribution in [-0.4, -0.2) is 9.78 Å². The largest absolute Gasteiger partial charge is 0.382 e. The van der Waals surface area contributed by atoms with E-state index in [0.29, 0.717) is 11.3 Å². The minimum Gasteiger partial charge on any atom is -0.382 e. The number of halogens is 1. The highest BCUT2D eigenvalue weighted by Gasteiger charge is 2.13. The topological polar surface area (TPSA) is 93.6 Å². The Bertz CT molecular complexity index is 596. The molecule has 0 bridgehead atoms. The van der Waals surface area contributed by atoms with E-state index in [9.17, 15) is 4.39 Å². The predicted molar refractivity (Wildman–Crippen MR) is 60.5 cm³/mol. The maximum absolute atomic E-state index is 13.5. The van der Waals surface area contributed by atoms with E-state index in [2.05, 4.69) is 5.10 Å². The molecule has 0 aliphatic heterocycles. The third-order valence-corrected chi connectivity index (χ3v) is 2.45. The predicted octanol–water partition coefficient (Wildman–Crippen LogP) is 0.924. The molecule has 0 atom stereocenters. The van der Waals surface area contributed by atoms with Crippen molar-refractivity contribution >= 4 is 5.82 Å². The van der Waals surface area contributed by atoms with E-state index in [4.69, 9.17) is 16.7 Å². The van der Waals surface area contributed by atoms with E-state index in [-0.39, 0.29) is 17.9 Å². The zero-order valence-electron chi connectivity index (χ0n) is 8.89. The van der Waals surface area contributed by atoms with E-state index in [1.54, 1.807) is 6.07 Å². The highest BCUT2D eigenvalue weighted by Crippen LogP contribution is 2.21. The summed E-state index contributed by atoms with van der Waals surface area (Å²) in [7, 11) is 0. The summed E-state index contributed by atoms with van der Waals surface area (Å²) in [6.45, 7) is 0.0309. The smallest absolute Gasteiger partial charge is 0.145 e. The lowest BCUT2D eigenvalue weighted by molar-refractivity contribution is 0.607. The van der Waals surface area contributed by atoms with Crippen molar-refractivity contribution in [1.29, 1.82) is 5.26 Å². The van der Waals surface area contributed by atoms with Gasteiger partial charge in [0.2, 0.25) is 0 Å². The summed E-state index contributed by atoms with van der Waals surface area (Å²) in [6, 6.07) is 6.41. The maximum Gasteiger partial charge on any atom is 0.145 e. The molecule has 0 radical (unpaired) electrons. The highest BCUT2D eigenvalue weighted by molar-refractivity contribution is 5.54. The molecule has 0 saturated carbocycles. The van der Waals surface area contributed by atoms with Crippen molar-refractivity contribution in [1.82, 2.24) is 9.78 Å². The van der Waals surface area contributed by atoms with E-state index in [1.165, 1.54) is 23.0 Å². The van der Waals surface area contributed by atoms with Gasteiger partial charge in [-0.05, 0) is 12.1 Å². The van der Waals surface area contributed by atoms with Gasteiger partial charge in [-0.15, -0.1) is 0 Å². The lowest BCUT2D eigenvalue weighted by atomic mass is 10.1. The quantitative estimate of drug-likeness (QED) is 0.803. The molecule has 0 aliphatic carbocycles. The van der Waals surface area contributed by atoms with Gasteiger partial charge in [-0.2, -0.15) is 10.4 Å². The van der Waals surface area contributed by atoms with Gasteiger partial charge in [0, 0.05) is 12.1 Å². The van der Waals surface area contributed by atoms with Crippen LogP contribution in [-0.2, 0) is 6.54 Å². The van der Waals surface area contributed by atoms with Gasteiger partial charge >= 0.3 is 0 Å². The minimum absolute atomic E-state index is 0.0309. The lowest BCUT2D eigenvalue weighted by Crippen LogP contribution is -2.10. The van der Waals surface area contributed by atoms with Gasteiger partial charge in [0.05, 0.1) is 11.9 Å². The number of nitriles is 1. The molecule has 17 heavy (non-hydrogen) atoms. The fourth-order valence-electron chi connectivity index (χ4n) is 1.58. The second kappa shape index (κ2) is 4.23. The van der Waals surface area contributed by atoms with Crippen molar-refractivity contribution in [2.45, 2.75) is 6.54 Å². The number of hydrogen-bond donors (Lipinski definition) is 2. The summed E-state index contributed by atoms with van der Waals surface area (Å²) < 4.78 is 14.8. The van der Waals surface area contributed by atoms with Crippen LogP contribution in [0.3, 0.4) is 0 Å². The molecule has 0 aliphatic rings. The van der Waals surface area contributed by atoms with Gasteiger partial charge in [0.1, 0.15) is 23.3 Å². The zero-order valence-corrected chi connectivity index (χ0v) is 8.89. The first kappa shape index (κ1) is 11.1. The average molecular weight is 231 g/mol. The van der Waals surface area contributed by atoms with Crippen molar-refractivity contribution in [3.63, 3.8) is 0 Å². The molecule has 6 heteroatoms. The Hall–Kier alpha value is -2.39. The number of hydrogen-bond acceptors (Lipinski definition) is 4. The van der Waals surface area contributed by atoms with Crippen LogP contribution in [0, 0.1) is 17.1 Å². The molecule has 0 spiro atoms. The summed E-state index contributed by atoms with van der Waals surface area (Å²) in [4.78, 5) is 0. The Kier molecular flexibility index (Phi) is 2.77. The number of anilines is 1. The van der Waals surface area contributed by atoms with E-state index < -0.39 is 5.82 Å². The Morgan fingerprint density at radius 3 is 2.82 bits per heavy atom. The molecule has 2 rings (SSSR count). The van der Waals surface area contributed by atoms with Gasteiger partial charge in [0.25, 0.3) is 0 Å². The maximum atomic E-state index is 13.5. The molecule has 1 aromatic carbocycles. The van der Waals surface area contributed by atoms with Gasteiger partial charge in [0.15, 0.2) is 0 Å². The first-order valence-corrected chi connectivity index (χ1v) is 4.90. The van der Waals surface area contributed by atoms with Gasteiger partial charge in [-0.3, -0.25) is 0 Å². The van der Waals surface area contributed by atoms with Crippen LogP contribution in [0.4, 0.5) is 10.2 Å². The summed E-state index contributed by atoms with van der Waals surface area (Å²) >= 11 is 0. The molecule has 5 nitrogen and oxygen atoms in total. The third-order valence-electron chi connectivity index (χ3n) is 2.45. The first-order chi connectivity index (χ1) is 8.19. The standard InChI is InChI=1S/C11H10FN5/c12-9-2-1-3-10(8(9)5-14)17-11(15)7(4-13)6-16-17/h1-3,6H,5,14-15H2. The second-order valence-corrected chi connectivity index (χ2v) is 3.41. The monoisotopic (exact) mass is 231 g/mol. The summed E-state index contributed by atoms with van der Waals surface area (Å²) in [5, 5.41) is 12.7. The second-order valence-electron chi connectivity index (χ2n) is 3.41. The van der Waals surface area contributed by atoms with Crippen LogP contribution in [0.5, 0.6) is 0 Å². The Morgan fingerprint density at radius 2 is 2.24 bits per heavy atom. The lowest BCUT2D eigenvalue weighted by Gasteiger charge is -2.10. The van der Waals surface area contributed by atoms with Gasteiger partial charge in [-0.1, -0.05) is 6.07 Å². The number of nitrogens with two attached hydrogens (primary N) is 2. The Labute approximate surface area is 97.1 Å². The summed E-state index contributed by atoms with van der Waals surface area (Å²) in [5.41, 5.74) is 12.2. The summed E-state index contributed by atoms with van der Waals surface area (Å²) in [6.07, 6.45) is 1.33. The van der Waals surface area contributed by atoms with Crippen LogP contribution < -0.4 is 11.5 Å². The number of nitrogen functional groups attached to an aromatic ring is 1. The fraction of sp³-hybridized carbons (Fsp3) is 0.0909. The molecule has 86 valence electrons. The van der Waals surface area contributed by atoms with Crippen LogP contribution in [0.1, 0.15) is 11.1 Å². The Balaban J connectivity index is 2.65. The number of benzene rings is 1. The minimum atomic E-state index is -0.418. The van der Waals surface area contributed by atoms with E-state index in [1.807, 2.05) is 6.07 Å². The van der Waals surface area contributed by atoms with Crippen LogP contribution in [0.25, 0.3) is 5.69 Å². The van der Waals surface area contributed by atoms with Crippen LogP contribution >= 0.6 is 0 Å². The molecule has 0 saturated heterocycles. The van der Waals surface area contributed by atoms with Crippen molar-refractivity contribution in [3.8, 4) is 11.8 Å². The van der Waals surface area contributed by atoms with Crippen molar-refractivity contribution < 1.29 is 4.39 Å². The van der Waals surface area contributed by atoms with Gasteiger partial charge in [-0.25, -0.2) is 9.07 Å². The third kappa shape index (κ3) is 1.73. The fourth-order valence-corrected chi connectivity index (χ4v) is 1.58. The van der Waals surface area contributed by atoms with Gasteiger partial charge < -0.3 is 11.5 Å². The number of aromatic nitrogens is 2. The summed E-state index contributed by atoms with van der Waals surface area (Å²) in [5.74, 6) is -0.244. The molecule has 4 N–H and O–H groups in total.